The molecule has 2 aliphatic heterocycles. The molecule has 116 valence electrons. The lowest BCUT2D eigenvalue weighted by atomic mass is 9.78. The Bertz CT molecular complexity index is 635. The highest BCUT2D eigenvalue weighted by molar-refractivity contribution is 6.62. The molecule has 4 nitrogen and oxygen atoms in total. The van der Waals surface area contributed by atoms with E-state index in [9.17, 15) is 4.79 Å². The van der Waals surface area contributed by atoms with Crippen LogP contribution in [0.15, 0.2) is 18.2 Å². The predicted octanol–water partition coefficient (Wildman–Crippen LogP) is 2.04. The fraction of sp³-hybridized carbons (Fsp3) is 0.588. The first-order chi connectivity index (χ1) is 10.3. The quantitative estimate of drug-likeness (QED) is 0.784. The summed E-state index contributed by atoms with van der Waals surface area (Å²) in [6, 6.07) is 6.57. The standard InChI is InChI=1S/C17H22BNO3/c1-16(2)17(3,4)22-18(21-16)12-6-5-11-9-15(20)19(13-7-8-13)14(11)10-12/h5-6,10,13H,7-9H2,1-4H3. The average Bonchev–Trinajstić information content (AvgIpc) is 3.14. The second-order valence-corrected chi connectivity index (χ2v) is 7.65. The van der Waals surface area contributed by atoms with E-state index in [0.717, 1.165) is 29.6 Å². The summed E-state index contributed by atoms with van der Waals surface area (Å²) in [5.41, 5.74) is 2.49. The molecule has 22 heavy (non-hydrogen) atoms. The number of hydrogen-bond donors (Lipinski definition) is 0. The lowest BCUT2D eigenvalue weighted by Crippen LogP contribution is -2.41. The van der Waals surface area contributed by atoms with Gasteiger partial charge in [-0.15, -0.1) is 0 Å². The molecule has 0 radical (unpaired) electrons. The third-order valence-electron chi connectivity index (χ3n) is 5.42. The number of carbonyl (C=O) groups is 1. The monoisotopic (exact) mass is 299 g/mol. The van der Waals surface area contributed by atoms with E-state index in [4.69, 9.17) is 9.31 Å². The first kappa shape index (κ1) is 14.3. The van der Waals surface area contributed by atoms with E-state index in [1.807, 2.05) is 11.0 Å². The van der Waals surface area contributed by atoms with E-state index in [1.54, 1.807) is 0 Å². The Balaban J connectivity index is 1.67. The number of amides is 1. The van der Waals surface area contributed by atoms with Crippen LogP contribution in [0, 0.1) is 0 Å². The maximum atomic E-state index is 12.2. The summed E-state index contributed by atoms with van der Waals surface area (Å²) in [5, 5.41) is 0. The molecule has 4 rings (SSSR count). The van der Waals surface area contributed by atoms with Crippen molar-refractivity contribution in [3.8, 4) is 0 Å². The number of carbonyl (C=O) groups excluding carboxylic acids is 1. The molecule has 1 aromatic carbocycles. The SMILES string of the molecule is CC1(C)OB(c2ccc3c(c2)N(C2CC2)C(=O)C3)OC1(C)C. The first-order valence-electron chi connectivity index (χ1n) is 8.09. The molecule has 2 fully saturated rings. The summed E-state index contributed by atoms with van der Waals surface area (Å²) < 4.78 is 12.2. The minimum Gasteiger partial charge on any atom is -0.399 e. The molecule has 3 aliphatic rings. The van der Waals surface area contributed by atoms with Crippen molar-refractivity contribution in [2.75, 3.05) is 4.90 Å². The third-order valence-corrected chi connectivity index (χ3v) is 5.42. The van der Waals surface area contributed by atoms with Crippen molar-refractivity contribution in [2.45, 2.75) is 64.2 Å². The van der Waals surface area contributed by atoms with Crippen LogP contribution in [0.25, 0.3) is 0 Å². The molecule has 0 unspecified atom stereocenters. The second-order valence-electron chi connectivity index (χ2n) is 7.65. The fourth-order valence-electron chi connectivity index (χ4n) is 3.20. The molecule has 1 amide bonds. The Morgan fingerprint density at radius 3 is 2.36 bits per heavy atom. The van der Waals surface area contributed by atoms with Crippen LogP contribution in [-0.2, 0) is 20.5 Å². The number of hydrogen-bond acceptors (Lipinski definition) is 3. The minimum atomic E-state index is -0.368. The average molecular weight is 299 g/mol. The van der Waals surface area contributed by atoms with Crippen LogP contribution in [0.3, 0.4) is 0 Å². The van der Waals surface area contributed by atoms with E-state index in [0.29, 0.717) is 12.5 Å². The Hall–Kier alpha value is -1.33. The maximum Gasteiger partial charge on any atom is 0.494 e. The van der Waals surface area contributed by atoms with Gasteiger partial charge in [0.15, 0.2) is 0 Å². The van der Waals surface area contributed by atoms with Gasteiger partial charge >= 0.3 is 7.12 Å². The van der Waals surface area contributed by atoms with Gasteiger partial charge in [0.2, 0.25) is 5.91 Å². The summed E-state index contributed by atoms with van der Waals surface area (Å²) in [6.07, 6.45) is 2.76. The highest BCUT2D eigenvalue weighted by atomic mass is 16.7. The summed E-state index contributed by atoms with van der Waals surface area (Å²) in [7, 11) is -0.368. The highest BCUT2D eigenvalue weighted by Crippen LogP contribution is 2.40. The van der Waals surface area contributed by atoms with Gasteiger partial charge in [-0.2, -0.15) is 0 Å². The van der Waals surface area contributed by atoms with Crippen LogP contribution in [0.4, 0.5) is 5.69 Å². The lowest BCUT2D eigenvalue weighted by Gasteiger charge is -2.32. The molecule has 0 spiro atoms. The molecule has 0 aromatic heterocycles. The number of rotatable bonds is 2. The fourth-order valence-corrected chi connectivity index (χ4v) is 3.20. The van der Waals surface area contributed by atoms with E-state index in [-0.39, 0.29) is 24.2 Å². The largest absolute Gasteiger partial charge is 0.494 e. The molecule has 2 heterocycles. The number of benzene rings is 1. The van der Waals surface area contributed by atoms with Crippen molar-refractivity contribution in [1.82, 2.24) is 0 Å². The summed E-state index contributed by atoms with van der Waals surface area (Å²) >= 11 is 0. The predicted molar refractivity (Wildman–Crippen MR) is 86.4 cm³/mol. The Morgan fingerprint density at radius 2 is 1.77 bits per heavy atom. The molecular weight excluding hydrogens is 277 g/mol. The number of fused-ring (bicyclic) bond motifs is 1. The van der Waals surface area contributed by atoms with E-state index < -0.39 is 0 Å². The van der Waals surface area contributed by atoms with Gasteiger partial charge in [-0.3, -0.25) is 4.79 Å². The van der Waals surface area contributed by atoms with E-state index in [1.165, 1.54) is 0 Å². The molecule has 1 aliphatic carbocycles. The molecule has 1 aromatic rings. The topological polar surface area (TPSA) is 38.8 Å². The molecule has 0 bridgehead atoms. The smallest absolute Gasteiger partial charge is 0.399 e. The number of nitrogens with zero attached hydrogens (tertiary/aromatic N) is 1. The summed E-state index contributed by atoms with van der Waals surface area (Å²) in [4.78, 5) is 14.2. The molecule has 1 saturated heterocycles. The van der Waals surface area contributed by atoms with Gasteiger partial charge < -0.3 is 14.2 Å². The Kier molecular flexibility index (Phi) is 2.83. The highest BCUT2D eigenvalue weighted by Gasteiger charge is 2.52. The summed E-state index contributed by atoms with van der Waals surface area (Å²) in [6.45, 7) is 8.22. The van der Waals surface area contributed by atoms with Gasteiger partial charge in [-0.1, -0.05) is 12.1 Å². The van der Waals surface area contributed by atoms with Gasteiger partial charge in [0.1, 0.15) is 0 Å². The molecule has 0 N–H and O–H groups in total. The van der Waals surface area contributed by atoms with E-state index >= 15 is 0 Å². The molecule has 5 heteroatoms. The van der Waals surface area contributed by atoms with Crippen LogP contribution in [-0.4, -0.2) is 30.3 Å². The normalized spacial score (nSPS) is 25.7. The van der Waals surface area contributed by atoms with Crippen LogP contribution in [0.1, 0.15) is 46.1 Å². The van der Waals surface area contributed by atoms with Crippen molar-refractivity contribution in [1.29, 1.82) is 0 Å². The van der Waals surface area contributed by atoms with Gasteiger partial charge in [0, 0.05) is 11.7 Å². The maximum absolute atomic E-state index is 12.2. The molecule has 1 saturated carbocycles. The van der Waals surface area contributed by atoms with Crippen molar-refractivity contribution in [3.05, 3.63) is 23.8 Å². The molecular formula is C17H22BNO3. The van der Waals surface area contributed by atoms with Crippen molar-refractivity contribution in [3.63, 3.8) is 0 Å². The van der Waals surface area contributed by atoms with Crippen LogP contribution in [0.5, 0.6) is 0 Å². The Labute approximate surface area is 131 Å². The first-order valence-corrected chi connectivity index (χ1v) is 8.09. The van der Waals surface area contributed by atoms with Gasteiger partial charge in [-0.05, 0) is 57.6 Å². The Morgan fingerprint density at radius 1 is 1.14 bits per heavy atom. The summed E-state index contributed by atoms with van der Waals surface area (Å²) in [5.74, 6) is 0.226. The molecule has 0 atom stereocenters. The second kappa shape index (κ2) is 4.36. The zero-order valence-corrected chi connectivity index (χ0v) is 13.7. The van der Waals surface area contributed by atoms with Crippen LogP contribution < -0.4 is 10.4 Å². The lowest BCUT2D eigenvalue weighted by molar-refractivity contribution is -0.117. The minimum absolute atomic E-state index is 0.226. The van der Waals surface area contributed by atoms with Crippen LogP contribution in [0.2, 0.25) is 0 Å². The van der Waals surface area contributed by atoms with Crippen molar-refractivity contribution in [2.24, 2.45) is 0 Å². The zero-order valence-electron chi connectivity index (χ0n) is 13.7. The van der Waals surface area contributed by atoms with Crippen molar-refractivity contribution >= 4 is 24.2 Å². The van der Waals surface area contributed by atoms with Crippen molar-refractivity contribution < 1.29 is 14.1 Å². The van der Waals surface area contributed by atoms with Gasteiger partial charge in [0.05, 0.1) is 17.6 Å². The number of anilines is 1. The van der Waals surface area contributed by atoms with Crippen LogP contribution >= 0.6 is 0 Å². The third kappa shape index (κ3) is 2.03. The van der Waals surface area contributed by atoms with Gasteiger partial charge in [-0.25, -0.2) is 0 Å². The zero-order chi connectivity index (χ0) is 15.7. The van der Waals surface area contributed by atoms with Gasteiger partial charge in [0.25, 0.3) is 0 Å². The van der Waals surface area contributed by atoms with E-state index in [2.05, 4.69) is 39.8 Å².